The molecule has 0 aromatic heterocycles. The lowest BCUT2D eigenvalue weighted by atomic mass is 10.2. The van der Waals surface area contributed by atoms with Crippen molar-refractivity contribution in [2.75, 3.05) is 26.9 Å². The first-order valence-electron chi connectivity index (χ1n) is 6.74. The molecular weight excluding hydrogens is 244 g/mol. The second-order valence-electron chi connectivity index (χ2n) is 4.03. The first kappa shape index (κ1) is 16.0. The van der Waals surface area contributed by atoms with E-state index < -0.39 is 0 Å². The normalized spacial score (nSPS) is 10.9. The zero-order valence-corrected chi connectivity index (χ0v) is 12.1. The number of hydrogen-bond acceptors (Lipinski definition) is 4. The SMILES string of the molecule is CCOC(CCOCc1cccc(OC)c1)OCC. The maximum atomic E-state index is 5.63. The van der Waals surface area contributed by atoms with Crippen molar-refractivity contribution >= 4 is 0 Å². The van der Waals surface area contributed by atoms with E-state index in [1.165, 1.54) is 0 Å². The number of hydrogen-bond donors (Lipinski definition) is 0. The van der Waals surface area contributed by atoms with Gasteiger partial charge in [0.1, 0.15) is 5.75 Å². The summed E-state index contributed by atoms with van der Waals surface area (Å²) in [7, 11) is 1.66. The molecule has 1 aromatic rings. The van der Waals surface area contributed by atoms with Crippen molar-refractivity contribution in [1.29, 1.82) is 0 Å². The minimum Gasteiger partial charge on any atom is -0.497 e. The Kier molecular flexibility index (Phi) is 8.21. The molecule has 0 fully saturated rings. The summed E-state index contributed by atoms with van der Waals surface area (Å²) in [6.45, 7) is 6.41. The molecule has 0 saturated carbocycles. The lowest BCUT2D eigenvalue weighted by Crippen LogP contribution is -2.19. The number of benzene rings is 1. The van der Waals surface area contributed by atoms with Gasteiger partial charge in [-0.3, -0.25) is 0 Å². The molecule has 4 heteroatoms. The van der Waals surface area contributed by atoms with Crippen molar-refractivity contribution in [3.05, 3.63) is 29.8 Å². The highest BCUT2D eigenvalue weighted by Crippen LogP contribution is 2.13. The molecule has 0 aliphatic carbocycles. The second-order valence-corrected chi connectivity index (χ2v) is 4.03. The van der Waals surface area contributed by atoms with Gasteiger partial charge in [0, 0.05) is 19.6 Å². The van der Waals surface area contributed by atoms with E-state index >= 15 is 0 Å². The van der Waals surface area contributed by atoms with E-state index in [2.05, 4.69) is 0 Å². The first-order chi connectivity index (χ1) is 9.30. The Morgan fingerprint density at radius 1 is 1.11 bits per heavy atom. The standard InChI is InChI=1S/C15H24O4/c1-4-18-15(19-5-2)9-10-17-12-13-7-6-8-14(11-13)16-3/h6-8,11,15H,4-5,9-10,12H2,1-3H3. The zero-order valence-electron chi connectivity index (χ0n) is 12.1. The van der Waals surface area contributed by atoms with Crippen molar-refractivity contribution < 1.29 is 18.9 Å². The molecule has 108 valence electrons. The van der Waals surface area contributed by atoms with Crippen LogP contribution in [0.5, 0.6) is 5.75 Å². The maximum Gasteiger partial charge on any atom is 0.159 e. The average molecular weight is 268 g/mol. The van der Waals surface area contributed by atoms with E-state index in [0.717, 1.165) is 17.7 Å². The molecule has 0 aliphatic rings. The van der Waals surface area contributed by atoms with Crippen LogP contribution < -0.4 is 4.74 Å². The molecular formula is C15H24O4. The van der Waals surface area contributed by atoms with Gasteiger partial charge >= 0.3 is 0 Å². The highest BCUT2D eigenvalue weighted by molar-refractivity contribution is 5.27. The van der Waals surface area contributed by atoms with Crippen LogP contribution in [0.25, 0.3) is 0 Å². The topological polar surface area (TPSA) is 36.9 Å². The molecule has 4 nitrogen and oxygen atoms in total. The Morgan fingerprint density at radius 3 is 2.47 bits per heavy atom. The minimum atomic E-state index is -0.166. The van der Waals surface area contributed by atoms with Gasteiger partial charge in [0.15, 0.2) is 6.29 Å². The first-order valence-corrected chi connectivity index (χ1v) is 6.74. The van der Waals surface area contributed by atoms with E-state index in [-0.39, 0.29) is 6.29 Å². The Bertz CT molecular complexity index is 335. The molecule has 0 heterocycles. The average Bonchev–Trinajstić information content (AvgIpc) is 2.44. The summed E-state index contributed by atoms with van der Waals surface area (Å²) in [6.07, 6.45) is 0.575. The van der Waals surface area contributed by atoms with Gasteiger partial charge in [-0.25, -0.2) is 0 Å². The van der Waals surface area contributed by atoms with Crippen LogP contribution in [-0.2, 0) is 20.8 Å². The number of rotatable bonds is 10. The van der Waals surface area contributed by atoms with Gasteiger partial charge in [0.2, 0.25) is 0 Å². The molecule has 0 saturated heterocycles. The predicted molar refractivity (Wildman–Crippen MR) is 74.3 cm³/mol. The zero-order chi connectivity index (χ0) is 13.9. The molecule has 1 rings (SSSR count). The Morgan fingerprint density at radius 2 is 1.84 bits per heavy atom. The second kappa shape index (κ2) is 9.78. The van der Waals surface area contributed by atoms with Gasteiger partial charge in [0.25, 0.3) is 0 Å². The summed E-state index contributed by atoms with van der Waals surface area (Å²) in [6, 6.07) is 7.87. The smallest absolute Gasteiger partial charge is 0.159 e. The van der Waals surface area contributed by atoms with Crippen molar-refractivity contribution in [2.45, 2.75) is 33.2 Å². The lowest BCUT2D eigenvalue weighted by Gasteiger charge is -2.16. The molecule has 0 spiro atoms. The summed E-state index contributed by atoms with van der Waals surface area (Å²) >= 11 is 0. The fourth-order valence-corrected chi connectivity index (χ4v) is 1.72. The monoisotopic (exact) mass is 268 g/mol. The van der Waals surface area contributed by atoms with Crippen LogP contribution >= 0.6 is 0 Å². The summed E-state index contributed by atoms with van der Waals surface area (Å²) in [5.41, 5.74) is 1.10. The minimum absolute atomic E-state index is 0.166. The highest BCUT2D eigenvalue weighted by atomic mass is 16.7. The fraction of sp³-hybridized carbons (Fsp3) is 0.600. The molecule has 1 aromatic carbocycles. The Balaban J connectivity index is 2.25. The van der Waals surface area contributed by atoms with Crippen molar-refractivity contribution in [1.82, 2.24) is 0 Å². The fourth-order valence-electron chi connectivity index (χ4n) is 1.72. The van der Waals surface area contributed by atoms with E-state index in [0.29, 0.717) is 26.4 Å². The van der Waals surface area contributed by atoms with Gasteiger partial charge in [-0.05, 0) is 31.5 Å². The Hall–Kier alpha value is -1.10. The summed E-state index contributed by atoms with van der Waals surface area (Å²) in [5.74, 6) is 0.850. The number of ether oxygens (including phenoxy) is 4. The number of methoxy groups -OCH3 is 1. The molecule has 0 amide bonds. The van der Waals surface area contributed by atoms with Crippen LogP contribution in [0.4, 0.5) is 0 Å². The van der Waals surface area contributed by atoms with Crippen molar-refractivity contribution in [3.63, 3.8) is 0 Å². The van der Waals surface area contributed by atoms with Gasteiger partial charge in [0.05, 0.1) is 20.3 Å². The predicted octanol–water partition coefficient (Wildman–Crippen LogP) is 3.00. The maximum absolute atomic E-state index is 5.63. The van der Waals surface area contributed by atoms with Crippen LogP contribution in [0.2, 0.25) is 0 Å². The van der Waals surface area contributed by atoms with Crippen LogP contribution in [0.3, 0.4) is 0 Å². The van der Waals surface area contributed by atoms with Crippen LogP contribution in [0.15, 0.2) is 24.3 Å². The summed E-state index contributed by atoms with van der Waals surface area (Å²) in [5, 5.41) is 0. The van der Waals surface area contributed by atoms with Gasteiger partial charge < -0.3 is 18.9 Å². The summed E-state index contributed by atoms with van der Waals surface area (Å²) < 4.78 is 21.7. The highest BCUT2D eigenvalue weighted by Gasteiger charge is 2.07. The molecule has 0 N–H and O–H groups in total. The summed E-state index contributed by atoms with van der Waals surface area (Å²) in [4.78, 5) is 0. The quantitative estimate of drug-likeness (QED) is 0.483. The molecule has 0 bridgehead atoms. The van der Waals surface area contributed by atoms with E-state index in [4.69, 9.17) is 18.9 Å². The van der Waals surface area contributed by atoms with Crippen molar-refractivity contribution in [3.8, 4) is 5.75 Å². The van der Waals surface area contributed by atoms with E-state index in [9.17, 15) is 0 Å². The van der Waals surface area contributed by atoms with Gasteiger partial charge in [-0.15, -0.1) is 0 Å². The Labute approximate surface area is 115 Å². The molecule has 0 aliphatic heterocycles. The van der Waals surface area contributed by atoms with Crippen molar-refractivity contribution in [2.24, 2.45) is 0 Å². The molecule has 0 unspecified atom stereocenters. The largest absolute Gasteiger partial charge is 0.497 e. The third-order valence-electron chi connectivity index (χ3n) is 2.61. The van der Waals surface area contributed by atoms with E-state index in [1.807, 2.05) is 38.1 Å². The van der Waals surface area contributed by atoms with Crippen LogP contribution in [-0.4, -0.2) is 33.2 Å². The molecule has 0 radical (unpaired) electrons. The van der Waals surface area contributed by atoms with Crippen LogP contribution in [0.1, 0.15) is 25.8 Å². The van der Waals surface area contributed by atoms with Crippen LogP contribution in [0, 0.1) is 0 Å². The molecule has 0 atom stereocenters. The third kappa shape index (κ3) is 6.57. The molecule has 19 heavy (non-hydrogen) atoms. The lowest BCUT2D eigenvalue weighted by molar-refractivity contribution is -0.147. The van der Waals surface area contributed by atoms with Gasteiger partial charge in [-0.2, -0.15) is 0 Å². The van der Waals surface area contributed by atoms with Gasteiger partial charge in [-0.1, -0.05) is 12.1 Å². The van der Waals surface area contributed by atoms with E-state index in [1.54, 1.807) is 7.11 Å². The third-order valence-corrected chi connectivity index (χ3v) is 2.61.